The lowest BCUT2D eigenvalue weighted by atomic mass is 9.97. The topological polar surface area (TPSA) is 154 Å². The monoisotopic (exact) mass is 754 g/mol. The SMILES string of the molecule is COC[C@@H](C)CN(CC1Nc2ccc3cc(-c4ccc5c(c4)OCC4=C5NC([C@@H]5CCCN5C(=O)[C@@H](NOC)C(C)C)N4)ccc3c2N1)C(=O)[C@@H](N)C(C)C. The number of anilines is 2. The maximum atomic E-state index is 13.6. The maximum Gasteiger partial charge on any atom is 0.242 e. The number of benzene rings is 3. The summed E-state index contributed by atoms with van der Waals surface area (Å²) in [7, 11) is 3.24. The van der Waals surface area contributed by atoms with Crippen molar-refractivity contribution in [2.75, 3.05) is 57.7 Å². The molecule has 0 aliphatic carbocycles. The maximum absolute atomic E-state index is 13.6. The highest BCUT2D eigenvalue weighted by atomic mass is 16.6. The molecule has 2 unspecified atom stereocenters. The normalized spacial score (nSPS) is 21.6. The summed E-state index contributed by atoms with van der Waals surface area (Å²) in [4.78, 5) is 36.1. The highest BCUT2D eigenvalue weighted by Gasteiger charge is 2.42. The zero-order valence-corrected chi connectivity index (χ0v) is 33.2. The Kier molecular flexibility index (Phi) is 11.4. The fourth-order valence-corrected chi connectivity index (χ4v) is 8.41. The number of rotatable bonds is 14. The molecule has 7 N–H and O–H groups in total. The first-order valence-corrected chi connectivity index (χ1v) is 19.7. The first-order valence-electron chi connectivity index (χ1n) is 19.7. The van der Waals surface area contributed by atoms with E-state index < -0.39 is 12.1 Å². The molecule has 2 amide bonds. The minimum absolute atomic E-state index is 0.00828. The van der Waals surface area contributed by atoms with Crippen molar-refractivity contribution in [3.05, 3.63) is 59.8 Å². The van der Waals surface area contributed by atoms with Crippen molar-refractivity contribution in [2.24, 2.45) is 23.5 Å². The van der Waals surface area contributed by atoms with Gasteiger partial charge in [-0.15, -0.1) is 0 Å². The van der Waals surface area contributed by atoms with Gasteiger partial charge in [0.1, 0.15) is 30.7 Å². The molecule has 55 heavy (non-hydrogen) atoms. The van der Waals surface area contributed by atoms with E-state index in [1.165, 1.54) is 0 Å². The predicted molar refractivity (Wildman–Crippen MR) is 217 cm³/mol. The van der Waals surface area contributed by atoms with Crippen LogP contribution in [0.25, 0.3) is 27.6 Å². The molecule has 1 fully saturated rings. The Balaban J connectivity index is 1.05. The number of hydroxylamine groups is 1. The number of nitrogens with zero attached hydrogens (tertiary/aromatic N) is 2. The molecule has 4 aliphatic heterocycles. The molecule has 7 rings (SSSR count). The number of nitrogens with two attached hydrogens (primary N) is 1. The van der Waals surface area contributed by atoms with E-state index in [0.717, 1.165) is 75.4 Å². The van der Waals surface area contributed by atoms with Gasteiger partial charge in [-0.05, 0) is 71.4 Å². The number of hydrogen-bond donors (Lipinski definition) is 6. The molecule has 13 nitrogen and oxygen atoms in total. The number of carbonyl (C=O) groups excluding carboxylic acids is 2. The van der Waals surface area contributed by atoms with E-state index in [-0.39, 0.29) is 47.9 Å². The Morgan fingerprint density at radius 1 is 0.982 bits per heavy atom. The van der Waals surface area contributed by atoms with Crippen LogP contribution in [0.2, 0.25) is 0 Å². The molecule has 6 atom stereocenters. The van der Waals surface area contributed by atoms with E-state index >= 15 is 0 Å². The molecule has 13 heteroatoms. The van der Waals surface area contributed by atoms with Gasteiger partial charge < -0.3 is 51.1 Å². The highest BCUT2D eigenvalue weighted by molar-refractivity contribution is 6.03. The van der Waals surface area contributed by atoms with Crippen LogP contribution in [0, 0.1) is 17.8 Å². The van der Waals surface area contributed by atoms with Gasteiger partial charge in [0, 0.05) is 31.1 Å². The first kappa shape index (κ1) is 38.7. The van der Waals surface area contributed by atoms with Crippen LogP contribution in [-0.2, 0) is 19.2 Å². The molecule has 0 saturated carbocycles. The Hall–Kier alpha value is -4.56. The summed E-state index contributed by atoms with van der Waals surface area (Å²) in [6.07, 6.45) is 1.61. The smallest absolute Gasteiger partial charge is 0.242 e. The van der Waals surface area contributed by atoms with Gasteiger partial charge in [0.05, 0.1) is 55.1 Å². The Labute approximate surface area is 324 Å². The van der Waals surface area contributed by atoms with E-state index in [9.17, 15) is 9.59 Å². The van der Waals surface area contributed by atoms with Crippen LogP contribution in [0.15, 0.2) is 54.2 Å². The summed E-state index contributed by atoms with van der Waals surface area (Å²) >= 11 is 0. The number of likely N-dealkylation sites (tertiary alicyclic amines) is 1. The van der Waals surface area contributed by atoms with E-state index in [0.29, 0.717) is 26.3 Å². The minimum Gasteiger partial charge on any atom is -0.487 e. The van der Waals surface area contributed by atoms with Crippen LogP contribution < -0.4 is 37.2 Å². The molecule has 0 aromatic heterocycles. The summed E-state index contributed by atoms with van der Waals surface area (Å²) in [6.45, 7) is 12.9. The molecule has 296 valence electrons. The standard InChI is InChI=1S/C42H58N8O5/c1-23(2)36(43)41(51)49(19-25(5)21-53-6)20-35-44-31-15-12-28-17-26(10-13-29(28)38(31)46-35)27-11-14-30-34(18-27)55-22-32-39(30)47-40(45-32)33-9-8-16-50(33)42(52)37(24(3)4)48-54-7/h10-15,17-18,23-25,33,35-37,40,44-48H,8-9,16,19-22,43H2,1-7H3/t25-,33-,35?,36-,37-,40?/m0/s1. The average Bonchev–Trinajstić information content (AvgIpc) is 3.94. The number of amides is 2. The molecule has 0 radical (unpaired) electrons. The van der Waals surface area contributed by atoms with Gasteiger partial charge in [-0.2, -0.15) is 5.48 Å². The van der Waals surface area contributed by atoms with Crippen molar-refractivity contribution in [3.63, 3.8) is 0 Å². The number of hydrogen-bond acceptors (Lipinski definition) is 11. The molecule has 4 aliphatic rings. The van der Waals surface area contributed by atoms with Gasteiger partial charge in [-0.3, -0.25) is 9.59 Å². The lowest BCUT2D eigenvalue weighted by Gasteiger charge is -2.34. The lowest BCUT2D eigenvalue weighted by Crippen LogP contribution is -2.57. The molecule has 4 heterocycles. The summed E-state index contributed by atoms with van der Waals surface area (Å²) in [6, 6.07) is 16.2. The van der Waals surface area contributed by atoms with Crippen molar-refractivity contribution in [1.29, 1.82) is 0 Å². The second kappa shape index (κ2) is 16.3. The summed E-state index contributed by atoms with van der Waals surface area (Å²) in [5.74, 6) is 1.16. The van der Waals surface area contributed by atoms with Crippen molar-refractivity contribution in [2.45, 2.75) is 77.9 Å². The summed E-state index contributed by atoms with van der Waals surface area (Å²) < 4.78 is 11.7. The number of methoxy groups -OCH3 is 1. The lowest BCUT2D eigenvalue weighted by molar-refractivity contribution is -0.140. The van der Waals surface area contributed by atoms with Crippen LogP contribution in [0.1, 0.15) is 53.0 Å². The number of fused-ring (bicyclic) bond motifs is 5. The molecular weight excluding hydrogens is 697 g/mol. The molecule has 0 spiro atoms. The highest BCUT2D eigenvalue weighted by Crippen LogP contribution is 2.41. The quantitative estimate of drug-likeness (QED) is 0.129. The minimum atomic E-state index is -0.560. The van der Waals surface area contributed by atoms with Gasteiger partial charge in [-0.25, -0.2) is 0 Å². The first-order chi connectivity index (χ1) is 26.5. The van der Waals surface area contributed by atoms with E-state index in [4.69, 9.17) is 20.0 Å². The van der Waals surface area contributed by atoms with Crippen molar-refractivity contribution < 1.29 is 23.9 Å². The third-order valence-corrected chi connectivity index (χ3v) is 11.4. The van der Waals surface area contributed by atoms with Crippen LogP contribution in [0.4, 0.5) is 11.4 Å². The predicted octanol–water partition coefficient (Wildman–Crippen LogP) is 4.51. The van der Waals surface area contributed by atoms with Crippen molar-refractivity contribution in [3.8, 4) is 16.9 Å². The Morgan fingerprint density at radius 3 is 2.51 bits per heavy atom. The molecule has 1 saturated heterocycles. The molecule has 0 bridgehead atoms. The van der Waals surface area contributed by atoms with E-state index in [1.807, 2.05) is 37.5 Å². The van der Waals surface area contributed by atoms with Crippen molar-refractivity contribution >= 4 is 39.7 Å². The van der Waals surface area contributed by atoms with Crippen LogP contribution in [0.3, 0.4) is 0 Å². The zero-order chi connectivity index (χ0) is 39.0. The Bertz CT molecular complexity index is 1930. The second-order valence-corrected chi connectivity index (χ2v) is 16.2. The number of nitrogens with one attached hydrogen (secondary N) is 5. The van der Waals surface area contributed by atoms with Gasteiger partial charge in [0.25, 0.3) is 0 Å². The zero-order valence-electron chi connectivity index (χ0n) is 33.2. The molecular formula is C42H58N8O5. The van der Waals surface area contributed by atoms with Gasteiger partial charge in [0.2, 0.25) is 11.8 Å². The van der Waals surface area contributed by atoms with Crippen LogP contribution in [-0.4, -0.2) is 99.1 Å². The van der Waals surface area contributed by atoms with Crippen molar-refractivity contribution in [1.82, 2.24) is 25.9 Å². The number of ether oxygens (including phenoxy) is 2. The number of carbonyl (C=O) groups is 2. The summed E-state index contributed by atoms with van der Waals surface area (Å²) in [5, 5.41) is 16.8. The second-order valence-electron chi connectivity index (χ2n) is 16.2. The molecule has 3 aromatic carbocycles. The van der Waals surface area contributed by atoms with Gasteiger partial charge in [0.15, 0.2) is 0 Å². The Morgan fingerprint density at radius 2 is 1.76 bits per heavy atom. The van der Waals surface area contributed by atoms with Gasteiger partial charge in [-0.1, -0.05) is 58.9 Å². The van der Waals surface area contributed by atoms with Gasteiger partial charge >= 0.3 is 0 Å². The third kappa shape index (κ3) is 7.80. The fraction of sp³-hybridized carbons (Fsp3) is 0.524. The average molecular weight is 755 g/mol. The fourth-order valence-electron chi connectivity index (χ4n) is 8.41. The van der Waals surface area contributed by atoms with E-state index in [2.05, 4.69) is 82.2 Å². The van der Waals surface area contributed by atoms with Crippen LogP contribution >= 0.6 is 0 Å². The summed E-state index contributed by atoms with van der Waals surface area (Å²) in [5.41, 5.74) is 16.5. The van der Waals surface area contributed by atoms with E-state index in [1.54, 1.807) is 14.2 Å². The molecule has 3 aromatic rings. The largest absolute Gasteiger partial charge is 0.487 e. The third-order valence-electron chi connectivity index (χ3n) is 11.4. The van der Waals surface area contributed by atoms with Crippen LogP contribution in [0.5, 0.6) is 5.75 Å².